The average molecular weight is 392 g/mol. The molecule has 1 aliphatic carbocycles. The van der Waals surface area contributed by atoms with Gasteiger partial charge in [0.15, 0.2) is 0 Å². The molecule has 0 unspecified atom stereocenters. The number of imide groups is 1. The number of para-hydroxylation sites is 1. The van der Waals surface area contributed by atoms with E-state index in [1.54, 1.807) is 0 Å². The van der Waals surface area contributed by atoms with Crippen molar-refractivity contribution in [2.24, 2.45) is 10.8 Å². The van der Waals surface area contributed by atoms with Crippen LogP contribution in [0.25, 0.3) is 0 Å². The van der Waals surface area contributed by atoms with Crippen LogP contribution in [0.1, 0.15) is 51.6 Å². The van der Waals surface area contributed by atoms with Crippen molar-refractivity contribution < 1.29 is 14.4 Å². The van der Waals surface area contributed by atoms with Gasteiger partial charge in [-0.25, -0.2) is 5.06 Å². The van der Waals surface area contributed by atoms with Gasteiger partial charge in [0.25, 0.3) is 0 Å². The molecule has 1 heterocycles. The Bertz CT molecular complexity index is 891. The Morgan fingerprint density at radius 2 is 1.66 bits per heavy atom. The van der Waals surface area contributed by atoms with Crippen LogP contribution < -0.4 is 10.4 Å². The predicted octanol–water partition coefficient (Wildman–Crippen LogP) is 4.41. The molecule has 2 aromatic rings. The Morgan fingerprint density at radius 1 is 1.03 bits per heavy atom. The number of hydrogen-bond acceptors (Lipinski definition) is 4. The highest BCUT2D eigenvalue weighted by atomic mass is 16.7. The lowest BCUT2D eigenvalue weighted by Crippen LogP contribution is -2.51. The van der Waals surface area contributed by atoms with Gasteiger partial charge in [-0.05, 0) is 37.0 Å². The third-order valence-electron chi connectivity index (χ3n) is 6.05. The smallest absolute Gasteiger partial charge is 0.238 e. The van der Waals surface area contributed by atoms with E-state index < -0.39 is 10.8 Å². The number of carbonyl (C=O) groups is 2. The Labute approximate surface area is 172 Å². The molecule has 1 saturated carbocycles. The Balaban J connectivity index is 1.79. The molecular weight excluding hydrogens is 364 g/mol. The number of anilines is 1. The van der Waals surface area contributed by atoms with Crippen molar-refractivity contribution in [3.05, 3.63) is 66.2 Å². The summed E-state index contributed by atoms with van der Waals surface area (Å²) in [6.07, 6.45) is 2.11. The molecule has 0 spiro atoms. The molecule has 3 atom stereocenters. The predicted molar refractivity (Wildman–Crippen MR) is 112 cm³/mol. The molecule has 29 heavy (non-hydrogen) atoms. The molecule has 1 N–H and O–H groups in total. The van der Waals surface area contributed by atoms with Crippen molar-refractivity contribution in [1.29, 1.82) is 0 Å². The lowest BCUT2D eigenvalue weighted by Gasteiger charge is -2.35. The zero-order valence-corrected chi connectivity index (χ0v) is 17.2. The molecular formula is C24H28N2O3. The van der Waals surface area contributed by atoms with E-state index in [9.17, 15) is 9.59 Å². The van der Waals surface area contributed by atoms with Gasteiger partial charge >= 0.3 is 0 Å². The summed E-state index contributed by atoms with van der Waals surface area (Å²) in [6.45, 7) is 5.44. The molecule has 0 aromatic heterocycles. The van der Waals surface area contributed by atoms with Crippen LogP contribution in [-0.4, -0.2) is 17.9 Å². The first-order valence-corrected chi connectivity index (χ1v) is 10.3. The number of fused-ring (bicyclic) bond motifs is 1. The number of hydrogen-bond donors (Lipinski definition) is 1. The number of amides is 2. The summed E-state index contributed by atoms with van der Waals surface area (Å²) in [6, 6.07) is 19.6. The van der Waals surface area contributed by atoms with Crippen LogP contribution in [0.4, 0.5) is 5.69 Å². The Morgan fingerprint density at radius 3 is 2.28 bits per heavy atom. The topological polar surface area (TPSA) is 58.6 Å². The fourth-order valence-corrected chi connectivity index (χ4v) is 4.51. The lowest BCUT2D eigenvalue weighted by atomic mass is 9.73. The van der Waals surface area contributed by atoms with Crippen molar-refractivity contribution in [2.45, 2.75) is 52.2 Å². The maximum Gasteiger partial charge on any atom is 0.238 e. The van der Waals surface area contributed by atoms with Crippen LogP contribution >= 0.6 is 0 Å². The maximum absolute atomic E-state index is 13.6. The highest BCUT2D eigenvalue weighted by molar-refractivity contribution is 6.01. The van der Waals surface area contributed by atoms with E-state index in [2.05, 4.69) is 5.32 Å². The number of nitrogens with zero attached hydrogens (tertiary/aromatic N) is 1. The summed E-state index contributed by atoms with van der Waals surface area (Å²) in [4.78, 5) is 32.6. The molecule has 2 aliphatic rings. The molecule has 0 radical (unpaired) electrons. The van der Waals surface area contributed by atoms with Crippen molar-refractivity contribution in [3.63, 3.8) is 0 Å². The Kier molecular flexibility index (Phi) is 4.95. The first-order valence-electron chi connectivity index (χ1n) is 10.3. The second-order valence-corrected chi connectivity index (χ2v) is 9.03. The summed E-state index contributed by atoms with van der Waals surface area (Å²) in [5.74, 6) is -0.486. The summed E-state index contributed by atoms with van der Waals surface area (Å²) < 4.78 is 0. The highest BCUT2D eigenvalue weighted by Crippen LogP contribution is 2.58. The molecule has 2 fully saturated rings. The molecule has 152 valence electrons. The molecule has 0 bridgehead atoms. The van der Waals surface area contributed by atoms with Gasteiger partial charge in [0, 0.05) is 5.41 Å². The van der Waals surface area contributed by atoms with Crippen molar-refractivity contribution in [3.8, 4) is 0 Å². The van der Waals surface area contributed by atoms with Crippen LogP contribution in [0.3, 0.4) is 0 Å². The first-order chi connectivity index (χ1) is 13.8. The SMILES string of the molecule is CC(C)(C)C(=O)NC(=O)[C@@]12CCC[C@@H]1ON(c1ccccc1)[C@H]2c1ccccc1. The standard InChI is InChI=1S/C24H28N2O3/c1-23(2,3)21(27)25-22(28)24-16-10-15-19(24)29-26(18-13-8-5-9-14-18)20(24)17-11-6-4-7-12-17/h4-9,11-14,19-20H,10,15-16H2,1-3H3,(H,25,27,28)/t19-,20-,24-/m0/s1. The fraction of sp³-hybridized carbons (Fsp3) is 0.417. The van der Waals surface area contributed by atoms with Crippen molar-refractivity contribution >= 4 is 17.5 Å². The number of carbonyl (C=O) groups excluding carboxylic acids is 2. The minimum atomic E-state index is -0.807. The van der Waals surface area contributed by atoms with Crippen LogP contribution in [0.5, 0.6) is 0 Å². The van der Waals surface area contributed by atoms with Gasteiger partial charge in [0.1, 0.15) is 11.5 Å². The van der Waals surface area contributed by atoms with E-state index in [0.717, 1.165) is 24.1 Å². The average Bonchev–Trinajstić information content (AvgIpc) is 3.25. The van der Waals surface area contributed by atoms with Crippen molar-refractivity contribution in [1.82, 2.24) is 5.32 Å². The van der Waals surface area contributed by atoms with Gasteiger partial charge in [-0.2, -0.15) is 0 Å². The largest absolute Gasteiger partial charge is 0.295 e. The van der Waals surface area contributed by atoms with Crippen molar-refractivity contribution in [2.75, 3.05) is 5.06 Å². The minimum absolute atomic E-state index is 0.229. The summed E-state index contributed by atoms with van der Waals surface area (Å²) in [5.41, 5.74) is 0.475. The van der Waals surface area contributed by atoms with Crippen LogP contribution in [-0.2, 0) is 14.4 Å². The van der Waals surface area contributed by atoms with Gasteiger partial charge < -0.3 is 0 Å². The summed E-state index contributed by atoms with van der Waals surface area (Å²) >= 11 is 0. The van der Waals surface area contributed by atoms with Crippen LogP contribution in [0.2, 0.25) is 0 Å². The van der Waals surface area contributed by atoms with Gasteiger partial charge in [0.2, 0.25) is 11.8 Å². The normalized spacial score (nSPS) is 26.2. The number of nitrogens with one attached hydrogen (secondary N) is 1. The summed E-state index contributed by atoms with van der Waals surface area (Å²) in [5, 5.41) is 4.59. The first kappa shape index (κ1) is 19.6. The third kappa shape index (κ3) is 3.33. The quantitative estimate of drug-likeness (QED) is 0.841. The van der Waals surface area contributed by atoms with Crippen LogP contribution in [0.15, 0.2) is 60.7 Å². The monoisotopic (exact) mass is 392 g/mol. The number of rotatable bonds is 3. The maximum atomic E-state index is 13.6. The molecule has 2 amide bonds. The van der Waals surface area contributed by atoms with Gasteiger partial charge in [-0.1, -0.05) is 69.3 Å². The van der Waals surface area contributed by atoms with Gasteiger partial charge in [-0.15, -0.1) is 0 Å². The fourth-order valence-electron chi connectivity index (χ4n) is 4.51. The van der Waals surface area contributed by atoms with E-state index in [-0.39, 0.29) is 24.0 Å². The molecule has 1 aliphatic heterocycles. The molecule has 5 nitrogen and oxygen atoms in total. The van der Waals surface area contributed by atoms with Gasteiger partial charge in [-0.3, -0.25) is 19.7 Å². The van der Waals surface area contributed by atoms with E-state index in [1.807, 2.05) is 86.5 Å². The Hall–Kier alpha value is -2.66. The highest BCUT2D eigenvalue weighted by Gasteiger charge is 2.63. The zero-order valence-electron chi connectivity index (χ0n) is 17.2. The van der Waals surface area contributed by atoms with E-state index in [0.29, 0.717) is 6.42 Å². The zero-order chi connectivity index (χ0) is 20.6. The third-order valence-corrected chi connectivity index (χ3v) is 6.05. The molecule has 5 heteroatoms. The van der Waals surface area contributed by atoms with E-state index in [1.165, 1.54) is 0 Å². The second kappa shape index (κ2) is 7.30. The van der Waals surface area contributed by atoms with E-state index >= 15 is 0 Å². The number of hydroxylamine groups is 1. The molecule has 1 saturated heterocycles. The second-order valence-electron chi connectivity index (χ2n) is 9.03. The lowest BCUT2D eigenvalue weighted by molar-refractivity contribution is -0.142. The molecule has 2 aromatic carbocycles. The van der Waals surface area contributed by atoms with Gasteiger partial charge in [0.05, 0.1) is 11.7 Å². The number of benzene rings is 2. The van der Waals surface area contributed by atoms with Crippen LogP contribution in [0, 0.1) is 10.8 Å². The molecule has 4 rings (SSSR count). The summed E-state index contributed by atoms with van der Waals surface area (Å²) in [7, 11) is 0. The van der Waals surface area contributed by atoms with E-state index in [4.69, 9.17) is 4.84 Å². The minimum Gasteiger partial charge on any atom is -0.295 e.